The second-order valence-corrected chi connectivity index (χ2v) is 7.56. The Morgan fingerprint density at radius 3 is 2.17 bits per heavy atom. The van der Waals surface area contributed by atoms with Gasteiger partial charge in [0.15, 0.2) is 0 Å². The molecule has 0 saturated heterocycles. The van der Waals surface area contributed by atoms with Gasteiger partial charge in [0.2, 0.25) is 0 Å². The highest BCUT2D eigenvalue weighted by Crippen LogP contribution is 2.29. The fraction of sp³-hybridized carbons (Fsp3) is 0.250. The molecule has 0 aliphatic heterocycles. The van der Waals surface area contributed by atoms with Gasteiger partial charge in [0.05, 0.1) is 17.6 Å². The molecule has 6 nitrogen and oxygen atoms in total. The summed E-state index contributed by atoms with van der Waals surface area (Å²) in [6.45, 7) is 5.91. The van der Waals surface area contributed by atoms with Crippen LogP contribution in [0.2, 0.25) is 0 Å². The van der Waals surface area contributed by atoms with Gasteiger partial charge in [-0.25, -0.2) is 4.98 Å². The van der Waals surface area contributed by atoms with Gasteiger partial charge in [-0.05, 0) is 29.8 Å². The van der Waals surface area contributed by atoms with Crippen molar-refractivity contribution >= 4 is 12.2 Å². The molecule has 1 aromatic carbocycles. The smallest absolute Gasteiger partial charge is 0.348 e. The van der Waals surface area contributed by atoms with Gasteiger partial charge in [-0.15, -0.1) is 0 Å². The molecule has 0 spiro atoms. The molecule has 29 heavy (non-hydrogen) atoms. The van der Waals surface area contributed by atoms with Gasteiger partial charge >= 0.3 is 6.18 Å². The average Bonchev–Trinajstić information content (AvgIpc) is 3.07. The van der Waals surface area contributed by atoms with Gasteiger partial charge in [-0.3, -0.25) is 9.59 Å². The molecular formula is C20H19F3N4O2. The van der Waals surface area contributed by atoms with E-state index in [0.717, 1.165) is 17.8 Å². The summed E-state index contributed by atoms with van der Waals surface area (Å²) in [5, 5.41) is -0.154. The van der Waals surface area contributed by atoms with E-state index in [1.165, 1.54) is 30.6 Å². The van der Waals surface area contributed by atoms with Crippen molar-refractivity contribution in [2.75, 3.05) is 0 Å². The first-order valence-electron chi connectivity index (χ1n) is 8.72. The summed E-state index contributed by atoms with van der Waals surface area (Å²) in [6.07, 6.45) is -0.370. The van der Waals surface area contributed by atoms with Crippen LogP contribution in [0.3, 0.4) is 0 Å². The van der Waals surface area contributed by atoms with E-state index in [-0.39, 0.29) is 21.7 Å². The number of benzene rings is 1. The number of H-pyrrole nitrogens is 3. The third kappa shape index (κ3) is 4.56. The quantitative estimate of drug-likeness (QED) is 0.608. The number of aromatic amines is 3. The van der Waals surface area contributed by atoms with E-state index in [1.807, 2.05) is 20.8 Å². The fourth-order valence-electron chi connectivity index (χ4n) is 2.82. The highest BCUT2D eigenvalue weighted by atomic mass is 19.4. The number of alkyl halides is 3. The second kappa shape index (κ2) is 7.23. The van der Waals surface area contributed by atoms with Crippen molar-refractivity contribution < 1.29 is 13.2 Å². The Morgan fingerprint density at radius 1 is 0.966 bits per heavy atom. The van der Waals surface area contributed by atoms with Crippen LogP contribution in [0.25, 0.3) is 12.2 Å². The summed E-state index contributed by atoms with van der Waals surface area (Å²) in [7, 11) is 0. The zero-order valence-corrected chi connectivity index (χ0v) is 15.9. The number of aromatic nitrogens is 4. The van der Waals surface area contributed by atoms with Crippen LogP contribution < -0.4 is 21.8 Å². The summed E-state index contributed by atoms with van der Waals surface area (Å²) in [5.41, 5.74) is -0.896. The van der Waals surface area contributed by atoms with E-state index in [2.05, 4.69) is 19.9 Å². The van der Waals surface area contributed by atoms with Crippen molar-refractivity contribution in [3.63, 3.8) is 0 Å². The van der Waals surface area contributed by atoms with E-state index in [4.69, 9.17) is 0 Å². The van der Waals surface area contributed by atoms with Gasteiger partial charge in [0, 0.05) is 11.1 Å². The molecule has 0 aliphatic rings. The number of nitrogens with one attached hydrogen (secondary N) is 3. The van der Waals surface area contributed by atoms with Gasteiger partial charge < -0.3 is 15.0 Å². The first-order valence-corrected chi connectivity index (χ1v) is 8.72. The van der Waals surface area contributed by atoms with Crippen molar-refractivity contribution in [1.29, 1.82) is 0 Å². The van der Waals surface area contributed by atoms with Gasteiger partial charge in [0.25, 0.3) is 11.1 Å². The van der Waals surface area contributed by atoms with Gasteiger partial charge in [-0.2, -0.15) is 13.2 Å². The Bertz CT molecular complexity index is 1270. The molecule has 3 rings (SSSR count). The zero-order chi connectivity index (χ0) is 21.4. The molecule has 0 aliphatic carbocycles. The lowest BCUT2D eigenvalue weighted by atomic mass is 9.90. The molecule has 2 heterocycles. The van der Waals surface area contributed by atoms with Gasteiger partial charge in [-0.1, -0.05) is 32.9 Å². The molecule has 0 atom stereocenters. The minimum absolute atomic E-state index is 0.00575. The molecule has 0 bridgehead atoms. The number of halogens is 3. The SMILES string of the molecule is CC(C)(C)c1[nH]cnc1/C=c1\[nH]c(=O)/c(=C/c2cccc(C(F)(F)F)c2)[nH]c1=O. The summed E-state index contributed by atoms with van der Waals surface area (Å²) in [4.78, 5) is 36.8. The van der Waals surface area contributed by atoms with Crippen LogP contribution >= 0.6 is 0 Å². The van der Waals surface area contributed by atoms with Crippen LogP contribution in [0, 0.1) is 0 Å². The van der Waals surface area contributed by atoms with Crippen LogP contribution in [0.1, 0.15) is 43.3 Å². The predicted molar refractivity (Wildman–Crippen MR) is 103 cm³/mol. The molecule has 0 fully saturated rings. The fourth-order valence-corrected chi connectivity index (χ4v) is 2.82. The number of nitrogens with zero attached hydrogens (tertiary/aromatic N) is 1. The predicted octanol–water partition coefficient (Wildman–Crippen LogP) is 1.76. The van der Waals surface area contributed by atoms with Crippen LogP contribution in [-0.4, -0.2) is 19.9 Å². The lowest BCUT2D eigenvalue weighted by Crippen LogP contribution is -2.46. The molecule has 3 aromatic rings. The van der Waals surface area contributed by atoms with E-state index in [0.29, 0.717) is 5.69 Å². The highest BCUT2D eigenvalue weighted by Gasteiger charge is 2.30. The van der Waals surface area contributed by atoms with Gasteiger partial charge in [0.1, 0.15) is 10.7 Å². The Morgan fingerprint density at radius 2 is 1.59 bits per heavy atom. The molecular weight excluding hydrogens is 385 g/mol. The first-order chi connectivity index (χ1) is 13.4. The van der Waals surface area contributed by atoms with E-state index < -0.39 is 22.9 Å². The second-order valence-electron chi connectivity index (χ2n) is 7.56. The topological polar surface area (TPSA) is 94.4 Å². The van der Waals surface area contributed by atoms with Crippen LogP contribution in [0.15, 0.2) is 40.2 Å². The highest BCUT2D eigenvalue weighted by molar-refractivity contribution is 5.50. The van der Waals surface area contributed by atoms with Crippen molar-refractivity contribution in [2.24, 2.45) is 0 Å². The zero-order valence-electron chi connectivity index (χ0n) is 15.9. The summed E-state index contributed by atoms with van der Waals surface area (Å²) in [6, 6.07) is 4.47. The van der Waals surface area contributed by atoms with Crippen molar-refractivity contribution in [3.8, 4) is 0 Å². The lowest BCUT2D eigenvalue weighted by Gasteiger charge is -2.16. The van der Waals surface area contributed by atoms with Crippen LogP contribution in [-0.2, 0) is 11.6 Å². The summed E-state index contributed by atoms with van der Waals surface area (Å²) in [5.74, 6) is 0. The van der Waals surface area contributed by atoms with E-state index in [1.54, 1.807) is 0 Å². The molecule has 0 unspecified atom stereocenters. The molecule has 2 aromatic heterocycles. The van der Waals surface area contributed by atoms with Crippen molar-refractivity contribution in [1.82, 2.24) is 19.9 Å². The van der Waals surface area contributed by atoms with Crippen molar-refractivity contribution in [3.05, 3.63) is 84.5 Å². The third-order valence-corrected chi connectivity index (χ3v) is 4.21. The molecule has 9 heteroatoms. The molecule has 0 radical (unpaired) electrons. The lowest BCUT2D eigenvalue weighted by molar-refractivity contribution is -0.137. The van der Waals surface area contributed by atoms with Crippen LogP contribution in [0.4, 0.5) is 13.2 Å². The van der Waals surface area contributed by atoms with Crippen LogP contribution in [0.5, 0.6) is 0 Å². The Balaban J connectivity index is 2.11. The maximum Gasteiger partial charge on any atom is 0.416 e. The number of rotatable bonds is 2. The standard InChI is InChI=1S/C20H19F3N4O2/c1-19(2,3)16-13(24-10-25-16)9-15-18(29)26-14(17(28)27-15)8-11-5-4-6-12(7-11)20(21,22)23/h4-10H,1-3H3,(H,24,25)(H,26,29)(H,27,28)/b14-8-,15-9-. The number of hydrogen-bond donors (Lipinski definition) is 3. The maximum atomic E-state index is 12.8. The summed E-state index contributed by atoms with van der Waals surface area (Å²) >= 11 is 0. The molecule has 152 valence electrons. The minimum atomic E-state index is -4.50. The Labute approximate surface area is 162 Å². The Hall–Kier alpha value is -3.36. The number of hydrogen-bond acceptors (Lipinski definition) is 3. The molecule has 3 N–H and O–H groups in total. The molecule has 0 amide bonds. The normalized spacial score (nSPS) is 13.9. The maximum absolute atomic E-state index is 12.8. The van der Waals surface area contributed by atoms with E-state index in [9.17, 15) is 22.8 Å². The first kappa shape index (κ1) is 20.4. The third-order valence-electron chi connectivity index (χ3n) is 4.21. The summed E-state index contributed by atoms with van der Waals surface area (Å²) < 4.78 is 38.5. The Kier molecular flexibility index (Phi) is 5.08. The largest absolute Gasteiger partial charge is 0.416 e. The monoisotopic (exact) mass is 404 g/mol. The van der Waals surface area contributed by atoms with Crippen molar-refractivity contribution in [2.45, 2.75) is 32.4 Å². The molecule has 0 saturated carbocycles. The minimum Gasteiger partial charge on any atom is -0.348 e. The number of imidazole rings is 1. The average molecular weight is 404 g/mol. The van der Waals surface area contributed by atoms with E-state index >= 15 is 0 Å².